The van der Waals surface area contributed by atoms with Crippen molar-refractivity contribution in [3.63, 3.8) is 0 Å². The largest absolute Gasteiger partial charge is 0.416 e. The van der Waals surface area contributed by atoms with Gasteiger partial charge in [0, 0.05) is 6.61 Å². The van der Waals surface area contributed by atoms with Crippen molar-refractivity contribution in [3.05, 3.63) is 28.8 Å². The number of anilines is 1. The molecule has 9 heteroatoms. The fraction of sp³-hybridized carbons (Fsp3) is 0.455. The smallest absolute Gasteiger partial charge is 0.396 e. The summed E-state index contributed by atoms with van der Waals surface area (Å²) in [5.74, 6) is -0.305. The predicted octanol–water partition coefficient (Wildman–Crippen LogP) is 2.87. The van der Waals surface area contributed by atoms with E-state index < -0.39 is 21.8 Å². The molecule has 0 unspecified atom stereocenters. The molecule has 0 bridgehead atoms. The van der Waals surface area contributed by atoms with Crippen LogP contribution in [0.3, 0.4) is 0 Å². The number of alkyl halides is 3. The second kappa shape index (κ2) is 6.64. The Morgan fingerprint density at radius 2 is 1.90 bits per heavy atom. The number of aliphatic hydroxyl groups excluding tert-OH is 1. The predicted molar refractivity (Wildman–Crippen MR) is 70.2 cm³/mol. The second-order valence-electron chi connectivity index (χ2n) is 4.04. The minimum absolute atomic E-state index is 0.122. The molecule has 0 aliphatic heterocycles. The van der Waals surface area contributed by atoms with Crippen molar-refractivity contribution >= 4 is 27.3 Å². The van der Waals surface area contributed by atoms with Crippen molar-refractivity contribution in [1.82, 2.24) is 0 Å². The normalized spacial score (nSPS) is 12.4. The summed E-state index contributed by atoms with van der Waals surface area (Å²) in [5, 5.41) is 8.44. The Labute approximate surface area is 119 Å². The number of halogens is 4. The Morgan fingerprint density at radius 1 is 1.25 bits per heavy atom. The highest BCUT2D eigenvalue weighted by Gasteiger charge is 2.31. The molecule has 0 aliphatic rings. The number of benzene rings is 1. The maximum Gasteiger partial charge on any atom is 0.416 e. The number of hydrogen-bond acceptors (Lipinski definition) is 3. The minimum Gasteiger partial charge on any atom is -0.396 e. The molecule has 0 atom stereocenters. The average molecular weight is 332 g/mol. The first kappa shape index (κ1) is 17.1. The third kappa shape index (κ3) is 5.18. The zero-order chi connectivity index (χ0) is 15.4. The highest BCUT2D eigenvalue weighted by atomic mass is 35.5. The molecule has 1 aromatic rings. The lowest BCUT2D eigenvalue weighted by Gasteiger charge is -2.12. The lowest BCUT2D eigenvalue weighted by atomic mass is 10.2. The van der Waals surface area contributed by atoms with Crippen LogP contribution in [0.1, 0.15) is 18.4 Å². The number of rotatable bonds is 6. The number of hydrogen-bond donors (Lipinski definition) is 2. The lowest BCUT2D eigenvalue weighted by Crippen LogP contribution is -2.18. The third-order valence-corrected chi connectivity index (χ3v) is 4.07. The Hall–Kier alpha value is -0.990. The van der Waals surface area contributed by atoms with Gasteiger partial charge in [0.05, 0.1) is 22.0 Å². The molecule has 20 heavy (non-hydrogen) atoms. The van der Waals surface area contributed by atoms with Crippen LogP contribution < -0.4 is 4.72 Å². The standard InChI is InChI=1S/C11H13ClF3NO3S/c12-9-4-3-8(11(13,14)15)7-10(9)16-20(18,19)6-2-1-5-17/h3-4,7,16-17H,1-2,5-6H2. The van der Waals surface area contributed by atoms with Crippen LogP contribution in [0.15, 0.2) is 18.2 Å². The maximum absolute atomic E-state index is 12.5. The summed E-state index contributed by atoms with van der Waals surface area (Å²) >= 11 is 5.68. The Balaban J connectivity index is 2.91. The van der Waals surface area contributed by atoms with Crippen LogP contribution >= 0.6 is 11.6 Å². The van der Waals surface area contributed by atoms with Gasteiger partial charge in [-0.2, -0.15) is 13.2 Å². The molecule has 2 N–H and O–H groups in total. The maximum atomic E-state index is 12.5. The van der Waals surface area contributed by atoms with E-state index in [0.717, 1.165) is 12.1 Å². The molecule has 1 rings (SSSR count). The van der Waals surface area contributed by atoms with Crippen molar-refractivity contribution in [3.8, 4) is 0 Å². The summed E-state index contributed by atoms with van der Waals surface area (Å²) in [6.07, 6.45) is -4.10. The number of sulfonamides is 1. The monoisotopic (exact) mass is 331 g/mol. The van der Waals surface area contributed by atoms with Crippen LogP contribution in [-0.4, -0.2) is 25.9 Å². The van der Waals surface area contributed by atoms with Crippen molar-refractivity contribution in [2.45, 2.75) is 19.0 Å². The summed E-state index contributed by atoms with van der Waals surface area (Å²) in [4.78, 5) is 0. The van der Waals surface area contributed by atoms with E-state index in [1.54, 1.807) is 0 Å². The van der Waals surface area contributed by atoms with Gasteiger partial charge in [-0.3, -0.25) is 4.72 Å². The molecule has 0 aliphatic carbocycles. The van der Waals surface area contributed by atoms with Gasteiger partial charge in [-0.15, -0.1) is 0 Å². The Bertz CT molecular complexity index is 561. The molecule has 0 aromatic heterocycles. The molecule has 0 radical (unpaired) electrons. The average Bonchev–Trinajstić information content (AvgIpc) is 2.30. The van der Waals surface area contributed by atoms with E-state index in [2.05, 4.69) is 0 Å². The second-order valence-corrected chi connectivity index (χ2v) is 6.29. The van der Waals surface area contributed by atoms with E-state index in [4.69, 9.17) is 16.7 Å². The van der Waals surface area contributed by atoms with E-state index in [-0.39, 0.29) is 35.9 Å². The van der Waals surface area contributed by atoms with Gasteiger partial charge in [0.15, 0.2) is 0 Å². The molecule has 0 amide bonds. The highest BCUT2D eigenvalue weighted by molar-refractivity contribution is 7.92. The van der Waals surface area contributed by atoms with Crippen molar-refractivity contribution < 1.29 is 26.7 Å². The number of aliphatic hydroxyl groups is 1. The van der Waals surface area contributed by atoms with Crippen LogP contribution in [0, 0.1) is 0 Å². The minimum atomic E-state index is -4.58. The SMILES string of the molecule is O=S(=O)(CCCCO)Nc1cc(C(F)(F)F)ccc1Cl. The van der Waals surface area contributed by atoms with E-state index in [1.807, 2.05) is 4.72 Å². The van der Waals surface area contributed by atoms with Crippen LogP contribution in [0.2, 0.25) is 5.02 Å². The Morgan fingerprint density at radius 3 is 2.45 bits per heavy atom. The first-order valence-corrected chi connectivity index (χ1v) is 7.67. The molecule has 0 saturated carbocycles. The topological polar surface area (TPSA) is 66.4 Å². The number of unbranched alkanes of at least 4 members (excludes halogenated alkanes) is 1. The van der Waals surface area contributed by atoms with Gasteiger partial charge in [-0.1, -0.05) is 11.6 Å². The molecular formula is C11H13ClF3NO3S. The van der Waals surface area contributed by atoms with E-state index in [9.17, 15) is 21.6 Å². The molecule has 114 valence electrons. The zero-order valence-electron chi connectivity index (χ0n) is 10.2. The van der Waals surface area contributed by atoms with Crippen LogP contribution in [-0.2, 0) is 16.2 Å². The Kier molecular flexibility index (Phi) is 5.67. The van der Waals surface area contributed by atoms with Crippen LogP contribution in [0.5, 0.6) is 0 Å². The third-order valence-electron chi connectivity index (χ3n) is 2.38. The molecule has 0 fully saturated rings. The van der Waals surface area contributed by atoms with Crippen molar-refractivity contribution in [2.24, 2.45) is 0 Å². The summed E-state index contributed by atoms with van der Waals surface area (Å²) in [5.41, 5.74) is -1.31. The van der Waals surface area contributed by atoms with Gasteiger partial charge in [-0.25, -0.2) is 8.42 Å². The summed E-state index contributed by atoms with van der Waals surface area (Å²) in [6.45, 7) is -0.153. The number of nitrogens with one attached hydrogen (secondary N) is 1. The molecule has 4 nitrogen and oxygen atoms in total. The van der Waals surface area contributed by atoms with Gasteiger partial charge >= 0.3 is 6.18 Å². The highest BCUT2D eigenvalue weighted by Crippen LogP contribution is 2.34. The molecule has 0 saturated heterocycles. The summed E-state index contributed by atoms with van der Waals surface area (Å²) in [6, 6.07) is 2.40. The van der Waals surface area contributed by atoms with Gasteiger partial charge in [0.2, 0.25) is 10.0 Å². The van der Waals surface area contributed by atoms with Crippen molar-refractivity contribution in [1.29, 1.82) is 0 Å². The summed E-state index contributed by atoms with van der Waals surface area (Å²) in [7, 11) is -3.80. The van der Waals surface area contributed by atoms with Crippen LogP contribution in [0.25, 0.3) is 0 Å². The first-order chi connectivity index (χ1) is 9.15. The van der Waals surface area contributed by atoms with Crippen LogP contribution in [0.4, 0.5) is 18.9 Å². The van der Waals surface area contributed by atoms with Gasteiger partial charge in [-0.05, 0) is 31.0 Å². The quantitative estimate of drug-likeness (QED) is 0.788. The lowest BCUT2D eigenvalue weighted by molar-refractivity contribution is -0.137. The first-order valence-electron chi connectivity index (χ1n) is 5.64. The fourth-order valence-corrected chi connectivity index (χ4v) is 2.81. The van der Waals surface area contributed by atoms with Gasteiger partial charge < -0.3 is 5.11 Å². The van der Waals surface area contributed by atoms with Crippen molar-refractivity contribution in [2.75, 3.05) is 17.1 Å². The zero-order valence-corrected chi connectivity index (χ0v) is 11.8. The summed E-state index contributed by atoms with van der Waals surface area (Å²) < 4.78 is 62.9. The molecule has 0 heterocycles. The van der Waals surface area contributed by atoms with E-state index in [0.29, 0.717) is 6.07 Å². The molecule has 1 aromatic carbocycles. The van der Waals surface area contributed by atoms with Gasteiger partial charge in [0.25, 0.3) is 0 Å². The van der Waals surface area contributed by atoms with Gasteiger partial charge in [0.1, 0.15) is 0 Å². The molecule has 0 spiro atoms. The van der Waals surface area contributed by atoms with E-state index in [1.165, 1.54) is 0 Å². The fourth-order valence-electron chi connectivity index (χ4n) is 1.40. The van der Waals surface area contributed by atoms with E-state index >= 15 is 0 Å². The molecular weight excluding hydrogens is 319 g/mol.